The van der Waals surface area contributed by atoms with Gasteiger partial charge < -0.3 is 5.73 Å². The minimum absolute atomic E-state index is 0.435. The van der Waals surface area contributed by atoms with Crippen molar-refractivity contribution in [1.82, 2.24) is 9.97 Å². The molecule has 0 spiro atoms. The molecule has 3 aromatic rings. The summed E-state index contributed by atoms with van der Waals surface area (Å²) in [6, 6.07) is 12.9. The molecule has 2 aromatic heterocycles. The van der Waals surface area contributed by atoms with E-state index >= 15 is 0 Å². The summed E-state index contributed by atoms with van der Waals surface area (Å²) in [6.45, 7) is 1.92. The van der Waals surface area contributed by atoms with Gasteiger partial charge in [0.15, 0.2) is 0 Å². The van der Waals surface area contributed by atoms with Crippen molar-refractivity contribution in [2.75, 3.05) is 16.7 Å². The minimum Gasteiger partial charge on any atom is -0.383 e. The topological polar surface area (TPSA) is 98.0 Å². The molecule has 2 heterocycles. The summed E-state index contributed by atoms with van der Waals surface area (Å²) >= 11 is 0. The number of sulfonamides is 1. The van der Waals surface area contributed by atoms with Crippen molar-refractivity contribution < 1.29 is 8.42 Å². The number of aryl methyl sites for hydroxylation is 1. The van der Waals surface area contributed by atoms with E-state index in [-0.39, 0.29) is 0 Å². The van der Waals surface area contributed by atoms with Gasteiger partial charge in [-0.2, -0.15) is 0 Å². The van der Waals surface area contributed by atoms with Crippen molar-refractivity contribution in [3.63, 3.8) is 0 Å². The number of pyridine rings is 2. The lowest BCUT2D eigenvalue weighted by Gasteiger charge is -2.09. The molecule has 0 aliphatic heterocycles. The van der Waals surface area contributed by atoms with E-state index in [2.05, 4.69) is 14.7 Å². The zero-order valence-corrected chi connectivity index (χ0v) is 14.7. The van der Waals surface area contributed by atoms with Gasteiger partial charge in [0.1, 0.15) is 5.82 Å². The molecule has 0 fully saturated rings. The maximum atomic E-state index is 11.3. The van der Waals surface area contributed by atoms with Crippen LogP contribution in [0.3, 0.4) is 0 Å². The summed E-state index contributed by atoms with van der Waals surface area (Å²) in [5.74, 6) is 0.435. The largest absolute Gasteiger partial charge is 0.383 e. The molecule has 0 saturated heterocycles. The lowest BCUT2D eigenvalue weighted by Crippen LogP contribution is -2.09. The van der Waals surface area contributed by atoms with Crippen molar-refractivity contribution in [2.24, 2.45) is 0 Å². The molecule has 0 amide bonds. The highest BCUT2D eigenvalue weighted by Crippen LogP contribution is 2.29. The Balaban J connectivity index is 1.95. The highest BCUT2D eigenvalue weighted by atomic mass is 32.2. The van der Waals surface area contributed by atoms with Gasteiger partial charge in [-0.15, -0.1) is 0 Å². The standard InChI is InChI=1S/C18H18N4O2S/c1-12-3-4-14(10-20-12)17-9-15(11-21-18(17)19)13-5-7-16(8-6-13)22-25(2,23)24/h3-11,22H,1-2H3,(H2,19,21). The fourth-order valence-corrected chi connectivity index (χ4v) is 3.00. The number of rotatable bonds is 4. The first-order valence-corrected chi connectivity index (χ1v) is 9.48. The molecule has 0 aliphatic carbocycles. The van der Waals surface area contributed by atoms with E-state index in [9.17, 15) is 8.42 Å². The van der Waals surface area contributed by atoms with E-state index in [1.807, 2.05) is 37.3 Å². The van der Waals surface area contributed by atoms with E-state index in [0.29, 0.717) is 11.5 Å². The van der Waals surface area contributed by atoms with Gasteiger partial charge in [-0.1, -0.05) is 18.2 Å². The Morgan fingerprint density at radius 1 is 0.920 bits per heavy atom. The molecule has 1 aromatic carbocycles. The van der Waals surface area contributed by atoms with Gasteiger partial charge in [0.05, 0.1) is 6.26 Å². The Morgan fingerprint density at radius 3 is 2.16 bits per heavy atom. The highest BCUT2D eigenvalue weighted by Gasteiger charge is 2.08. The molecule has 3 rings (SSSR count). The molecule has 25 heavy (non-hydrogen) atoms. The van der Waals surface area contributed by atoms with Gasteiger partial charge in [-0.05, 0) is 36.8 Å². The summed E-state index contributed by atoms with van der Waals surface area (Å²) in [5.41, 5.74) is 11.0. The predicted molar refractivity (Wildman–Crippen MR) is 101 cm³/mol. The minimum atomic E-state index is -3.29. The number of nitrogens with zero attached hydrogens (tertiary/aromatic N) is 2. The molecule has 0 saturated carbocycles. The van der Waals surface area contributed by atoms with Crippen LogP contribution in [0, 0.1) is 6.92 Å². The van der Waals surface area contributed by atoms with Crippen molar-refractivity contribution >= 4 is 21.5 Å². The second-order valence-corrected chi connectivity index (χ2v) is 7.55. The first-order chi connectivity index (χ1) is 11.8. The normalized spacial score (nSPS) is 11.3. The van der Waals surface area contributed by atoms with Crippen LogP contribution in [0.4, 0.5) is 11.5 Å². The number of aromatic nitrogens is 2. The van der Waals surface area contributed by atoms with E-state index in [1.165, 1.54) is 0 Å². The molecule has 0 aliphatic rings. The van der Waals surface area contributed by atoms with Gasteiger partial charge in [0, 0.05) is 40.5 Å². The quantitative estimate of drug-likeness (QED) is 0.750. The number of nitrogen functional groups attached to an aromatic ring is 1. The lowest BCUT2D eigenvalue weighted by atomic mass is 10.0. The summed E-state index contributed by atoms with van der Waals surface area (Å²) in [7, 11) is -3.29. The van der Waals surface area contributed by atoms with Crippen LogP contribution in [0.1, 0.15) is 5.69 Å². The SMILES string of the molecule is Cc1ccc(-c2cc(-c3ccc(NS(C)(=O)=O)cc3)cnc2N)cn1. The van der Waals surface area contributed by atoms with E-state index in [1.54, 1.807) is 24.5 Å². The van der Waals surface area contributed by atoms with Crippen molar-refractivity contribution in [3.8, 4) is 22.3 Å². The zero-order chi connectivity index (χ0) is 18.0. The summed E-state index contributed by atoms with van der Waals surface area (Å²) in [4.78, 5) is 8.57. The summed E-state index contributed by atoms with van der Waals surface area (Å²) < 4.78 is 25.0. The lowest BCUT2D eigenvalue weighted by molar-refractivity contribution is 0.607. The van der Waals surface area contributed by atoms with Crippen LogP contribution >= 0.6 is 0 Å². The van der Waals surface area contributed by atoms with E-state index in [4.69, 9.17) is 5.73 Å². The van der Waals surface area contributed by atoms with Crippen LogP contribution in [0.5, 0.6) is 0 Å². The van der Waals surface area contributed by atoms with Crippen LogP contribution in [-0.2, 0) is 10.0 Å². The van der Waals surface area contributed by atoms with E-state index < -0.39 is 10.0 Å². The summed E-state index contributed by atoms with van der Waals surface area (Å²) in [5, 5.41) is 0. The molecule has 0 radical (unpaired) electrons. The Labute approximate surface area is 146 Å². The number of hydrogen-bond acceptors (Lipinski definition) is 5. The molecule has 3 N–H and O–H groups in total. The van der Waals surface area contributed by atoms with Gasteiger partial charge in [0.2, 0.25) is 10.0 Å². The molecule has 7 heteroatoms. The average Bonchev–Trinajstić information content (AvgIpc) is 2.56. The van der Waals surface area contributed by atoms with Gasteiger partial charge in [0.25, 0.3) is 0 Å². The average molecular weight is 354 g/mol. The van der Waals surface area contributed by atoms with Crippen molar-refractivity contribution in [2.45, 2.75) is 6.92 Å². The number of nitrogens with one attached hydrogen (secondary N) is 1. The first-order valence-electron chi connectivity index (χ1n) is 7.58. The highest BCUT2D eigenvalue weighted by molar-refractivity contribution is 7.92. The number of hydrogen-bond donors (Lipinski definition) is 2. The Hall–Kier alpha value is -2.93. The smallest absolute Gasteiger partial charge is 0.229 e. The predicted octanol–water partition coefficient (Wildman–Crippen LogP) is 3.07. The monoisotopic (exact) mass is 354 g/mol. The van der Waals surface area contributed by atoms with Gasteiger partial charge in [-0.3, -0.25) is 9.71 Å². The van der Waals surface area contributed by atoms with Crippen molar-refractivity contribution in [1.29, 1.82) is 0 Å². The number of benzene rings is 1. The second kappa shape index (κ2) is 6.52. The van der Waals surface area contributed by atoms with E-state index in [0.717, 1.165) is 34.2 Å². The third-order valence-electron chi connectivity index (χ3n) is 3.66. The molecule has 0 atom stereocenters. The fraction of sp³-hybridized carbons (Fsp3) is 0.111. The van der Waals surface area contributed by atoms with Gasteiger partial charge >= 0.3 is 0 Å². The molecule has 128 valence electrons. The van der Waals surface area contributed by atoms with Crippen LogP contribution in [-0.4, -0.2) is 24.6 Å². The zero-order valence-electron chi connectivity index (χ0n) is 13.9. The van der Waals surface area contributed by atoms with Crippen LogP contribution in [0.25, 0.3) is 22.3 Å². The maximum Gasteiger partial charge on any atom is 0.229 e. The third-order valence-corrected chi connectivity index (χ3v) is 4.27. The molecular formula is C18H18N4O2S. The Kier molecular flexibility index (Phi) is 4.41. The number of anilines is 2. The third kappa shape index (κ3) is 4.13. The molecular weight excluding hydrogens is 336 g/mol. The van der Waals surface area contributed by atoms with Gasteiger partial charge in [-0.25, -0.2) is 13.4 Å². The van der Waals surface area contributed by atoms with Crippen molar-refractivity contribution in [3.05, 3.63) is 60.6 Å². The maximum absolute atomic E-state index is 11.3. The molecule has 6 nitrogen and oxygen atoms in total. The summed E-state index contributed by atoms with van der Waals surface area (Å²) in [6.07, 6.45) is 4.58. The van der Waals surface area contributed by atoms with Crippen LogP contribution < -0.4 is 10.5 Å². The Bertz CT molecular complexity index is 998. The first kappa shape index (κ1) is 16.9. The molecule has 0 unspecified atom stereocenters. The van der Waals surface area contributed by atoms with Crippen LogP contribution in [0.15, 0.2) is 54.9 Å². The molecule has 0 bridgehead atoms. The fourth-order valence-electron chi connectivity index (χ4n) is 2.44. The second-order valence-electron chi connectivity index (χ2n) is 5.80. The van der Waals surface area contributed by atoms with Crippen LogP contribution in [0.2, 0.25) is 0 Å². The Morgan fingerprint density at radius 2 is 1.56 bits per heavy atom. The number of nitrogens with two attached hydrogens (primary N) is 1.